The second-order valence-corrected chi connectivity index (χ2v) is 5.09. The molecule has 0 saturated carbocycles. The Hall–Kier alpha value is -2.52. The van der Waals surface area contributed by atoms with E-state index in [1.165, 1.54) is 6.08 Å². The highest BCUT2D eigenvalue weighted by molar-refractivity contribution is 7.84. The minimum atomic E-state index is -0.551. The number of nitriles is 1. The van der Waals surface area contributed by atoms with Crippen LogP contribution >= 0.6 is 12.6 Å². The van der Waals surface area contributed by atoms with Gasteiger partial charge < -0.3 is 10.1 Å². The number of thiol groups is 1. The number of aromatic nitrogens is 1. The van der Waals surface area contributed by atoms with Gasteiger partial charge in [0.2, 0.25) is 0 Å². The number of pyridine rings is 1. The molecule has 6 heteroatoms. The fraction of sp³-hybridized carbons (Fsp3) is 0.188. The van der Waals surface area contributed by atoms with Gasteiger partial charge in [-0.25, -0.2) is 4.79 Å². The van der Waals surface area contributed by atoms with Crippen LogP contribution in [0.1, 0.15) is 18.4 Å². The van der Waals surface area contributed by atoms with E-state index in [0.717, 1.165) is 5.56 Å². The monoisotopic (exact) mass is 313 g/mol. The Morgan fingerprint density at radius 1 is 1.68 bits per heavy atom. The van der Waals surface area contributed by atoms with Crippen LogP contribution in [0.4, 0.5) is 0 Å². The summed E-state index contributed by atoms with van der Waals surface area (Å²) in [6.45, 7) is 5.38. The lowest BCUT2D eigenvalue weighted by Crippen LogP contribution is -2.28. The maximum absolute atomic E-state index is 12.4. The van der Waals surface area contributed by atoms with Crippen LogP contribution in [0.15, 0.2) is 59.1 Å². The molecule has 1 atom stereocenters. The van der Waals surface area contributed by atoms with Gasteiger partial charge in [0, 0.05) is 18.1 Å². The number of carbonyl (C=O) groups is 1. The largest absolute Gasteiger partial charge is 0.458 e. The number of rotatable bonds is 4. The number of nitrogens with one attached hydrogen (secondary N) is 1. The molecule has 1 N–H and O–H groups in total. The first kappa shape index (κ1) is 15.9. The molecule has 2 rings (SSSR count). The summed E-state index contributed by atoms with van der Waals surface area (Å²) in [5.41, 5.74) is 2.07. The second kappa shape index (κ2) is 6.96. The van der Waals surface area contributed by atoms with E-state index in [0.29, 0.717) is 21.9 Å². The van der Waals surface area contributed by atoms with Crippen molar-refractivity contribution < 1.29 is 9.53 Å². The summed E-state index contributed by atoms with van der Waals surface area (Å²) in [6.07, 6.45) is 4.75. The highest BCUT2D eigenvalue weighted by Crippen LogP contribution is 2.38. The van der Waals surface area contributed by atoms with E-state index in [2.05, 4.69) is 35.6 Å². The Bertz CT molecular complexity index is 702. The molecule has 1 aromatic rings. The molecule has 0 saturated heterocycles. The van der Waals surface area contributed by atoms with E-state index in [1.807, 2.05) is 6.07 Å². The van der Waals surface area contributed by atoms with Gasteiger partial charge >= 0.3 is 5.97 Å². The average Bonchev–Trinajstić information content (AvgIpc) is 2.52. The maximum atomic E-state index is 12.4. The van der Waals surface area contributed by atoms with E-state index < -0.39 is 11.9 Å². The van der Waals surface area contributed by atoms with Crippen molar-refractivity contribution in [2.75, 3.05) is 6.61 Å². The quantitative estimate of drug-likeness (QED) is 0.507. The predicted octanol–water partition coefficient (Wildman–Crippen LogP) is 2.44. The molecular weight excluding hydrogens is 298 g/mol. The summed E-state index contributed by atoms with van der Waals surface area (Å²) in [4.78, 5) is 16.4. The molecule has 0 aromatic carbocycles. The summed E-state index contributed by atoms with van der Waals surface area (Å²) in [5, 5.41) is 12.8. The van der Waals surface area contributed by atoms with Crippen LogP contribution in [-0.2, 0) is 9.53 Å². The number of carbonyl (C=O) groups excluding carboxylic acids is 1. The first-order valence-corrected chi connectivity index (χ1v) is 7.03. The van der Waals surface area contributed by atoms with Crippen LogP contribution in [0.25, 0.3) is 0 Å². The van der Waals surface area contributed by atoms with Crippen LogP contribution in [0.2, 0.25) is 0 Å². The lowest BCUT2D eigenvalue weighted by atomic mass is 9.83. The first-order chi connectivity index (χ1) is 10.6. The van der Waals surface area contributed by atoms with Gasteiger partial charge in [-0.3, -0.25) is 4.98 Å². The number of hydrogen-bond acceptors (Lipinski definition) is 6. The van der Waals surface area contributed by atoms with Crippen molar-refractivity contribution in [1.82, 2.24) is 10.3 Å². The number of nitrogens with zero attached hydrogens (tertiary/aromatic N) is 2. The van der Waals surface area contributed by atoms with E-state index in [-0.39, 0.29) is 6.61 Å². The molecule has 112 valence electrons. The van der Waals surface area contributed by atoms with E-state index in [1.54, 1.807) is 25.4 Å². The summed E-state index contributed by atoms with van der Waals surface area (Å²) >= 11 is 4.31. The van der Waals surface area contributed by atoms with Crippen molar-refractivity contribution in [2.45, 2.75) is 12.8 Å². The van der Waals surface area contributed by atoms with E-state index in [9.17, 15) is 10.1 Å². The second-order valence-electron chi connectivity index (χ2n) is 4.64. The number of dihydropyridines is 1. The lowest BCUT2D eigenvalue weighted by Gasteiger charge is -2.27. The fourth-order valence-electron chi connectivity index (χ4n) is 2.29. The molecule has 2 heterocycles. The number of allylic oxidation sites excluding steroid dienone is 2. The smallest absolute Gasteiger partial charge is 0.337 e. The predicted molar refractivity (Wildman–Crippen MR) is 85.6 cm³/mol. The third-order valence-corrected chi connectivity index (χ3v) is 3.59. The Morgan fingerprint density at radius 3 is 3.05 bits per heavy atom. The van der Waals surface area contributed by atoms with Gasteiger partial charge in [0.15, 0.2) is 0 Å². The van der Waals surface area contributed by atoms with Gasteiger partial charge in [-0.2, -0.15) is 5.26 Å². The van der Waals surface area contributed by atoms with Crippen molar-refractivity contribution >= 4 is 18.6 Å². The third kappa shape index (κ3) is 3.05. The van der Waals surface area contributed by atoms with Gasteiger partial charge in [-0.1, -0.05) is 18.7 Å². The Kier molecular flexibility index (Phi) is 5.02. The van der Waals surface area contributed by atoms with Crippen molar-refractivity contribution in [2.24, 2.45) is 0 Å². The molecule has 5 nitrogen and oxygen atoms in total. The highest BCUT2D eigenvalue weighted by atomic mass is 32.1. The molecule has 1 aromatic heterocycles. The average molecular weight is 313 g/mol. The van der Waals surface area contributed by atoms with Gasteiger partial charge in [-0.15, -0.1) is 12.6 Å². The van der Waals surface area contributed by atoms with Crippen molar-refractivity contribution in [3.63, 3.8) is 0 Å². The fourth-order valence-corrected chi connectivity index (χ4v) is 2.64. The van der Waals surface area contributed by atoms with Crippen LogP contribution < -0.4 is 5.32 Å². The number of hydrogen-bond donors (Lipinski definition) is 2. The van der Waals surface area contributed by atoms with Gasteiger partial charge in [-0.05, 0) is 18.6 Å². The minimum absolute atomic E-state index is 0.106. The maximum Gasteiger partial charge on any atom is 0.337 e. The third-order valence-electron chi connectivity index (χ3n) is 3.23. The standard InChI is InChI=1S/C16H15N3O2S/c1-3-7-21-16(20)13-10(2)19-15(22)12(8-17)14(13)11-5-4-6-18-9-11/h3-6,9,14,19,22H,1,7H2,2H3/t14-/m1/s1. The molecule has 1 aliphatic rings. The minimum Gasteiger partial charge on any atom is -0.458 e. The zero-order valence-corrected chi connectivity index (χ0v) is 12.9. The molecular formula is C16H15N3O2S. The van der Waals surface area contributed by atoms with Crippen LogP contribution in [0.3, 0.4) is 0 Å². The van der Waals surface area contributed by atoms with Gasteiger partial charge in [0.05, 0.1) is 28.2 Å². The molecule has 0 aliphatic carbocycles. The molecule has 0 radical (unpaired) electrons. The highest BCUT2D eigenvalue weighted by Gasteiger charge is 2.34. The van der Waals surface area contributed by atoms with E-state index in [4.69, 9.17) is 4.74 Å². The van der Waals surface area contributed by atoms with Crippen molar-refractivity contribution in [1.29, 1.82) is 5.26 Å². The molecule has 22 heavy (non-hydrogen) atoms. The summed E-state index contributed by atoms with van der Waals surface area (Å²) in [7, 11) is 0. The van der Waals surface area contributed by atoms with Crippen molar-refractivity contribution in [3.8, 4) is 6.07 Å². The van der Waals surface area contributed by atoms with Crippen LogP contribution in [0.5, 0.6) is 0 Å². The van der Waals surface area contributed by atoms with Crippen molar-refractivity contribution in [3.05, 3.63) is 64.6 Å². The molecule has 0 spiro atoms. The zero-order chi connectivity index (χ0) is 16.1. The molecule has 0 amide bonds. The number of esters is 1. The molecule has 0 fully saturated rings. The topological polar surface area (TPSA) is 75.0 Å². The normalized spacial score (nSPS) is 17.6. The number of ether oxygens (including phenoxy) is 1. The SMILES string of the molecule is C=CCOC(=O)C1=C(C)NC(S)=C(C#N)[C@H]1c1cccnc1. The summed E-state index contributed by atoms with van der Waals surface area (Å²) in [5.74, 6) is -1.04. The summed E-state index contributed by atoms with van der Waals surface area (Å²) in [6, 6.07) is 5.69. The molecule has 0 bridgehead atoms. The zero-order valence-electron chi connectivity index (χ0n) is 12.0. The Morgan fingerprint density at radius 2 is 2.45 bits per heavy atom. The van der Waals surface area contributed by atoms with Crippen LogP contribution in [-0.4, -0.2) is 17.6 Å². The van der Waals surface area contributed by atoms with Gasteiger partial charge in [0.25, 0.3) is 0 Å². The van der Waals surface area contributed by atoms with Crippen LogP contribution in [0, 0.1) is 11.3 Å². The van der Waals surface area contributed by atoms with Gasteiger partial charge in [0.1, 0.15) is 6.61 Å². The Labute approximate surface area is 134 Å². The van der Waals surface area contributed by atoms with E-state index >= 15 is 0 Å². The summed E-state index contributed by atoms with van der Waals surface area (Å²) < 4.78 is 5.15. The lowest BCUT2D eigenvalue weighted by molar-refractivity contribution is -0.138. The first-order valence-electron chi connectivity index (χ1n) is 6.59. The Balaban J connectivity index is 2.53. The molecule has 1 aliphatic heterocycles. The molecule has 0 unspecified atom stereocenters.